The molecule has 0 radical (unpaired) electrons. The summed E-state index contributed by atoms with van der Waals surface area (Å²) in [6.07, 6.45) is 0. The van der Waals surface area contributed by atoms with E-state index >= 15 is 0 Å². The average molecular weight is 220 g/mol. The predicted octanol–water partition coefficient (Wildman–Crippen LogP) is 0.0760. The zero-order chi connectivity index (χ0) is 11.5. The highest BCUT2D eigenvalue weighted by atomic mass is 16.4. The highest BCUT2D eigenvalue weighted by molar-refractivity contribution is 5.97. The average Bonchev–Trinajstić information content (AvgIpc) is 2.30. The number of piperazine rings is 1. The third kappa shape index (κ3) is 2.04. The molecule has 5 nitrogen and oxygen atoms in total. The first-order valence-electron chi connectivity index (χ1n) is 5.00. The number of nitrogens with one attached hydrogen (secondary N) is 1. The fourth-order valence-electron chi connectivity index (χ4n) is 1.68. The van der Waals surface area contributed by atoms with Gasteiger partial charge in [0, 0.05) is 5.69 Å². The van der Waals surface area contributed by atoms with Crippen molar-refractivity contribution in [2.24, 2.45) is 0 Å². The highest BCUT2D eigenvalue weighted by Gasteiger charge is 2.30. The molecule has 1 aliphatic heterocycles. The Morgan fingerprint density at radius 3 is 2.69 bits per heavy atom. The number of benzene rings is 1. The summed E-state index contributed by atoms with van der Waals surface area (Å²) in [6, 6.07) is 8.38. The van der Waals surface area contributed by atoms with Crippen LogP contribution in [0.25, 0.3) is 0 Å². The smallest absolute Gasteiger partial charge is 0.322 e. The zero-order valence-electron chi connectivity index (χ0n) is 8.59. The van der Waals surface area contributed by atoms with E-state index < -0.39 is 12.0 Å². The summed E-state index contributed by atoms with van der Waals surface area (Å²) in [6.45, 7) is 0.226. The summed E-state index contributed by atoms with van der Waals surface area (Å²) >= 11 is 0. The molecule has 2 N–H and O–H groups in total. The maximum absolute atomic E-state index is 11.6. The van der Waals surface area contributed by atoms with Crippen molar-refractivity contribution in [3.63, 3.8) is 0 Å². The largest absolute Gasteiger partial charge is 0.480 e. The molecule has 1 atom stereocenters. The Morgan fingerprint density at radius 1 is 1.38 bits per heavy atom. The lowest BCUT2D eigenvalue weighted by Crippen LogP contribution is -2.57. The van der Waals surface area contributed by atoms with Crippen LogP contribution < -0.4 is 10.2 Å². The van der Waals surface area contributed by atoms with Gasteiger partial charge in [-0.25, -0.2) is 0 Å². The van der Waals surface area contributed by atoms with Gasteiger partial charge in [-0.3, -0.25) is 14.9 Å². The quantitative estimate of drug-likeness (QED) is 0.740. The van der Waals surface area contributed by atoms with Gasteiger partial charge >= 0.3 is 5.97 Å². The summed E-state index contributed by atoms with van der Waals surface area (Å²) in [5.74, 6) is -1.04. The number of amides is 1. The van der Waals surface area contributed by atoms with Gasteiger partial charge in [0.25, 0.3) is 0 Å². The van der Waals surface area contributed by atoms with Crippen LogP contribution in [0.3, 0.4) is 0 Å². The van der Waals surface area contributed by atoms with Crippen LogP contribution in [0.1, 0.15) is 0 Å². The molecule has 1 aromatic rings. The van der Waals surface area contributed by atoms with Crippen LogP contribution in [0.4, 0.5) is 5.69 Å². The monoisotopic (exact) mass is 220 g/mol. The number of nitrogens with zero attached hydrogens (tertiary/aromatic N) is 1. The summed E-state index contributed by atoms with van der Waals surface area (Å²) in [5.41, 5.74) is 0.736. The van der Waals surface area contributed by atoms with Crippen LogP contribution in [0, 0.1) is 0 Å². The van der Waals surface area contributed by atoms with Crippen molar-refractivity contribution < 1.29 is 14.7 Å². The molecule has 1 amide bonds. The fraction of sp³-hybridized carbons (Fsp3) is 0.273. The van der Waals surface area contributed by atoms with Gasteiger partial charge in [-0.05, 0) is 12.1 Å². The molecule has 16 heavy (non-hydrogen) atoms. The molecule has 1 aromatic carbocycles. The first-order chi connectivity index (χ1) is 7.68. The van der Waals surface area contributed by atoms with Gasteiger partial charge in [-0.2, -0.15) is 0 Å². The third-order valence-corrected chi connectivity index (χ3v) is 2.53. The Kier molecular flexibility index (Phi) is 2.87. The standard InChI is InChI=1S/C11H12N2O3/c14-10-6-12-9(11(15)16)7-13(10)8-4-2-1-3-5-8/h1-5,9,12H,6-7H2,(H,15,16). The Bertz CT molecular complexity index is 405. The number of anilines is 1. The van der Waals surface area contributed by atoms with Crippen molar-refractivity contribution >= 4 is 17.6 Å². The second-order valence-electron chi connectivity index (χ2n) is 3.61. The van der Waals surface area contributed by atoms with Crippen LogP contribution in [0.2, 0.25) is 0 Å². The molecule has 1 unspecified atom stereocenters. The molecule has 1 aliphatic rings. The molecule has 0 bridgehead atoms. The Morgan fingerprint density at radius 2 is 2.06 bits per heavy atom. The molecule has 1 heterocycles. The summed E-state index contributed by atoms with van der Waals surface area (Å²) < 4.78 is 0. The van der Waals surface area contributed by atoms with Crippen molar-refractivity contribution in [3.8, 4) is 0 Å². The molecule has 2 rings (SSSR count). The van der Waals surface area contributed by atoms with E-state index in [4.69, 9.17) is 5.11 Å². The number of hydrogen-bond acceptors (Lipinski definition) is 3. The Balaban J connectivity index is 2.19. The van der Waals surface area contributed by atoms with E-state index in [0.717, 1.165) is 5.69 Å². The minimum absolute atomic E-state index is 0.0614. The molecule has 0 saturated carbocycles. The molecule has 0 aromatic heterocycles. The van der Waals surface area contributed by atoms with Gasteiger partial charge < -0.3 is 10.0 Å². The minimum atomic E-state index is -0.937. The maximum atomic E-state index is 11.6. The maximum Gasteiger partial charge on any atom is 0.322 e. The van der Waals surface area contributed by atoms with Gasteiger partial charge in [0.05, 0.1) is 13.1 Å². The third-order valence-electron chi connectivity index (χ3n) is 2.53. The molecule has 0 spiro atoms. The van der Waals surface area contributed by atoms with Gasteiger partial charge in [0.2, 0.25) is 5.91 Å². The lowest BCUT2D eigenvalue weighted by Gasteiger charge is -2.31. The lowest BCUT2D eigenvalue weighted by molar-refractivity contribution is -0.139. The number of para-hydroxylation sites is 1. The fourth-order valence-corrected chi connectivity index (χ4v) is 1.68. The summed E-state index contributed by atoms with van der Waals surface area (Å²) in [4.78, 5) is 24.0. The number of carboxylic acids is 1. The van der Waals surface area contributed by atoms with Crippen molar-refractivity contribution in [2.45, 2.75) is 6.04 Å². The van der Waals surface area contributed by atoms with Gasteiger partial charge in [-0.15, -0.1) is 0 Å². The highest BCUT2D eigenvalue weighted by Crippen LogP contribution is 2.15. The SMILES string of the molecule is O=C(O)C1CN(c2ccccc2)C(=O)CN1. The van der Waals surface area contributed by atoms with Crippen molar-refractivity contribution in [1.82, 2.24) is 5.32 Å². The van der Waals surface area contributed by atoms with E-state index in [9.17, 15) is 9.59 Å². The Labute approximate surface area is 92.7 Å². The van der Waals surface area contributed by atoms with Crippen molar-refractivity contribution in [2.75, 3.05) is 18.0 Å². The minimum Gasteiger partial charge on any atom is -0.480 e. The summed E-state index contributed by atoms with van der Waals surface area (Å²) in [5, 5.41) is 11.6. The number of hydrogen-bond donors (Lipinski definition) is 2. The molecule has 1 saturated heterocycles. The van der Waals surface area contributed by atoms with E-state index in [1.54, 1.807) is 12.1 Å². The van der Waals surface area contributed by atoms with E-state index in [0.29, 0.717) is 0 Å². The molecule has 1 fully saturated rings. The topological polar surface area (TPSA) is 69.6 Å². The lowest BCUT2D eigenvalue weighted by atomic mass is 10.2. The van der Waals surface area contributed by atoms with Crippen LogP contribution in [0.5, 0.6) is 0 Å². The van der Waals surface area contributed by atoms with Gasteiger partial charge in [0.1, 0.15) is 6.04 Å². The van der Waals surface area contributed by atoms with E-state index in [1.165, 1.54) is 4.90 Å². The molecule has 5 heteroatoms. The van der Waals surface area contributed by atoms with E-state index in [2.05, 4.69) is 5.32 Å². The number of rotatable bonds is 2. The number of carbonyl (C=O) groups excluding carboxylic acids is 1. The van der Waals surface area contributed by atoms with Crippen LogP contribution in [-0.4, -0.2) is 36.1 Å². The van der Waals surface area contributed by atoms with Crippen LogP contribution in [-0.2, 0) is 9.59 Å². The number of carbonyl (C=O) groups is 2. The second kappa shape index (κ2) is 4.32. The normalized spacial score (nSPS) is 20.9. The van der Waals surface area contributed by atoms with Crippen molar-refractivity contribution in [3.05, 3.63) is 30.3 Å². The van der Waals surface area contributed by atoms with Crippen LogP contribution >= 0.6 is 0 Å². The number of aliphatic carboxylic acids is 1. The van der Waals surface area contributed by atoms with Crippen molar-refractivity contribution in [1.29, 1.82) is 0 Å². The predicted molar refractivity (Wildman–Crippen MR) is 58.2 cm³/mol. The molecular formula is C11H12N2O3. The molecule has 0 aliphatic carbocycles. The van der Waals surface area contributed by atoms with Crippen LogP contribution in [0.15, 0.2) is 30.3 Å². The van der Waals surface area contributed by atoms with E-state index in [1.807, 2.05) is 18.2 Å². The zero-order valence-corrected chi connectivity index (χ0v) is 8.59. The molecule has 84 valence electrons. The first kappa shape index (κ1) is 10.6. The molecular weight excluding hydrogens is 208 g/mol. The first-order valence-corrected chi connectivity index (χ1v) is 5.00. The number of carboxylic acid groups (broad SMARTS) is 1. The summed E-state index contributed by atoms with van der Waals surface area (Å²) in [7, 11) is 0. The van der Waals surface area contributed by atoms with Gasteiger partial charge in [-0.1, -0.05) is 18.2 Å². The van der Waals surface area contributed by atoms with E-state index in [-0.39, 0.29) is 19.0 Å². The van der Waals surface area contributed by atoms with Gasteiger partial charge in [0.15, 0.2) is 0 Å². The Hall–Kier alpha value is -1.88. The second-order valence-corrected chi connectivity index (χ2v) is 3.61.